The van der Waals surface area contributed by atoms with Crippen molar-refractivity contribution in [1.29, 1.82) is 0 Å². The van der Waals surface area contributed by atoms with Crippen LogP contribution in [0.15, 0.2) is 41.0 Å². The molecule has 7 nitrogen and oxygen atoms in total. The molecule has 2 aromatic rings. The Labute approximate surface area is 152 Å². The van der Waals surface area contributed by atoms with E-state index in [9.17, 15) is 18.4 Å². The van der Waals surface area contributed by atoms with E-state index in [-0.39, 0.29) is 35.0 Å². The van der Waals surface area contributed by atoms with Gasteiger partial charge < -0.3 is 24.1 Å². The lowest BCUT2D eigenvalue weighted by Crippen LogP contribution is -2.41. The van der Waals surface area contributed by atoms with E-state index in [4.69, 9.17) is 4.42 Å². The molecular weight excluding hydrogens is 362 g/mol. The molecule has 0 atom stereocenters. The molecule has 0 saturated carbocycles. The monoisotopic (exact) mass is 378 g/mol. The number of nitrogens with one attached hydrogen (secondary N) is 1. The molecular formula is C18H16F2N2O5. The Hall–Kier alpha value is -3.10. The number of hydrogen-bond donors (Lipinski definition) is 1. The number of anilines is 1. The number of piperidine rings is 1. The van der Waals surface area contributed by atoms with E-state index < -0.39 is 6.29 Å². The van der Waals surface area contributed by atoms with Gasteiger partial charge in [-0.3, -0.25) is 9.59 Å². The third-order valence-corrected chi connectivity index (χ3v) is 4.55. The summed E-state index contributed by atoms with van der Waals surface area (Å²) in [6.07, 6.45) is -1.26. The van der Waals surface area contributed by atoms with Crippen molar-refractivity contribution in [3.8, 4) is 11.5 Å². The predicted octanol–water partition coefficient (Wildman–Crippen LogP) is 3.09. The SMILES string of the molecule is O=C(Nc1ccc2c(c1)OC(F)(F)O2)C1CCN(C(=O)c2ccco2)CC1. The number of fused-ring (bicyclic) bond motifs is 1. The van der Waals surface area contributed by atoms with Crippen LogP contribution in [0, 0.1) is 5.92 Å². The van der Waals surface area contributed by atoms with Crippen LogP contribution in [0.5, 0.6) is 11.5 Å². The first-order valence-electron chi connectivity index (χ1n) is 8.45. The van der Waals surface area contributed by atoms with Crippen molar-refractivity contribution >= 4 is 17.5 Å². The van der Waals surface area contributed by atoms with Crippen LogP contribution in [-0.4, -0.2) is 36.1 Å². The molecule has 0 unspecified atom stereocenters. The Balaban J connectivity index is 1.33. The van der Waals surface area contributed by atoms with Gasteiger partial charge in [-0.25, -0.2) is 0 Å². The zero-order valence-electron chi connectivity index (χ0n) is 14.1. The maximum absolute atomic E-state index is 13.1. The summed E-state index contributed by atoms with van der Waals surface area (Å²) in [5, 5.41) is 2.70. The maximum atomic E-state index is 13.1. The summed E-state index contributed by atoms with van der Waals surface area (Å²) in [5.74, 6) is -0.645. The van der Waals surface area contributed by atoms with Gasteiger partial charge in [-0.2, -0.15) is 0 Å². The van der Waals surface area contributed by atoms with Crippen molar-refractivity contribution < 1.29 is 32.3 Å². The van der Waals surface area contributed by atoms with E-state index in [1.54, 1.807) is 17.0 Å². The zero-order valence-corrected chi connectivity index (χ0v) is 14.1. The third-order valence-electron chi connectivity index (χ3n) is 4.55. The summed E-state index contributed by atoms with van der Waals surface area (Å²) >= 11 is 0. The van der Waals surface area contributed by atoms with E-state index in [0.717, 1.165) is 0 Å². The van der Waals surface area contributed by atoms with Crippen LogP contribution in [0.3, 0.4) is 0 Å². The fourth-order valence-electron chi connectivity index (χ4n) is 3.17. The summed E-state index contributed by atoms with van der Waals surface area (Å²) in [4.78, 5) is 26.3. The van der Waals surface area contributed by atoms with Crippen molar-refractivity contribution in [3.63, 3.8) is 0 Å². The molecule has 3 heterocycles. The van der Waals surface area contributed by atoms with Gasteiger partial charge in [0.25, 0.3) is 5.91 Å². The topological polar surface area (TPSA) is 81.0 Å². The Morgan fingerprint density at radius 1 is 1.11 bits per heavy atom. The zero-order chi connectivity index (χ0) is 19.0. The Morgan fingerprint density at radius 3 is 2.56 bits per heavy atom. The van der Waals surface area contributed by atoms with Gasteiger partial charge in [-0.15, -0.1) is 8.78 Å². The molecule has 0 spiro atoms. The number of benzene rings is 1. The van der Waals surface area contributed by atoms with Crippen molar-refractivity contribution in [3.05, 3.63) is 42.4 Å². The second-order valence-corrected chi connectivity index (χ2v) is 6.36. The van der Waals surface area contributed by atoms with Crippen molar-refractivity contribution in [2.45, 2.75) is 19.1 Å². The van der Waals surface area contributed by atoms with Crippen LogP contribution in [0.25, 0.3) is 0 Å². The number of amides is 2. The fraction of sp³-hybridized carbons (Fsp3) is 0.333. The van der Waals surface area contributed by atoms with Crippen LogP contribution in [0.1, 0.15) is 23.4 Å². The molecule has 0 radical (unpaired) electrons. The molecule has 1 saturated heterocycles. The van der Waals surface area contributed by atoms with Gasteiger partial charge in [0.15, 0.2) is 17.3 Å². The van der Waals surface area contributed by atoms with Crippen LogP contribution >= 0.6 is 0 Å². The molecule has 1 aromatic heterocycles. The quantitative estimate of drug-likeness (QED) is 0.888. The number of halogens is 2. The van der Waals surface area contributed by atoms with Gasteiger partial charge in [0, 0.05) is 30.8 Å². The Bertz CT molecular complexity index is 861. The summed E-state index contributed by atoms with van der Waals surface area (Å²) in [7, 11) is 0. The van der Waals surface area contributed by atoms with Crippen molar-refractivity contribution in [2.75, 3.05) is 18.4 Å². The molecule has 2 aliphatic rings. The minimum Gasteiger partial charge on any atom is -0.459 e. The summed E-state index contributed by atoms with van der Waals surface area (Å²) in [6.45, 7) is 0.871. The average Bonchev–Trinajstić information content (AvgIpc) is 3.27. The van der Waals surface area contributed by atoms with Crippen LogP contribution in [0.4, 0.5) is 14.5 Å². The first-order valence-corrected chi connectivity index (χ1v) is 8.45. The Morgan fingerprint density at radius 2 is 1.85 bits per heavy atom. The molecule has 142 valence electrons. The lowest BCUT2D eigenvalue weighted by molar-refractivity contribution is -0.286. The number of carbonyl (C=O) groups is 2. The van der Waals surface area contributed by atoms with E-state index in [1.165, 1.54) is 24.5 Å². The normalized spacial score (nSPS) is 18.4. The number of hydrogen-bond acceptors (Lipinski definition) is 5. The third kappa shape index (κ3) is 3.57. The molecule has 0 aliphatic carbocycles. The average molecular weight is 378 g/mol. The van der Waals surface area contributed by atoms with Gasteiger partial charge in [0.1, 0.15) is 0 Å². The summed E-state index contributed by atoms with van der Waals surface area (Å²) in [6, 6.07) is 7.33. The minimum atomic E-state index is -3.70. The first kappa shape index (κ1) is 17.3. The van der Waals surface area contributed by atoms with Gasteiger partial charge in [0.2, 0.25) is 5.91 Å². The summed E-state index contributed by atoms with van der Waals surface area (Å²) < 4.78 is 39.9. The largest absolute Gasteiger partial charge is 0.586 e. The molecule has 9 heteroatoms. The van der Waals surface area contributed by atoms with E-state index >= 15 is 0 Å². The van der Waals surface area contributed by atoms with Crippen LogP contribution in [0.2, 0.25) is 0 Å². The van der Waals surface area contributed by atoms with E-state index in [0.29, 0.717) is 31.6 Å². The van der Waals surface area contributed by atoms with Crippen LogP contribution < -0.4 is 14.8 Å². The highest BCUT2D eigenvalue weighted by molar-refractivity contribution is 5.94. The highest BCUT2D eigenvalue weighted by Crippen LogP contribution is 2.42. The molecule has 1 aromatic carbocycles. The highest BCUT2D eigenvalue weighted by Gasteiger charge is 2.43. The smallest absolute Gasteiger partial charge is 0.459 e. The Kier molecular flexibility index (Phi) is 4.21. The molecule has 2 amide bonds. The second kappa shape index (κ2) is 6.57. The number of furan rings is 1. The molecule has 1 N–H and O–H groups in total. The van der Waals surface area contributed by atoms with Crippen molar-refractivity contribution in [2.24, 2.45) is 5.92 Å². The van der Waals surface area contributed by atoms with Gasteiger partial charge in [0.05, 0.1) is 6.26 Å². The standard InChI is InChI=1S/C18H16F2N2O5/c19-18(20)26-13-4-3-12(10-15(13)27-18)21-16(23)11-5-7-22(8-6-11)17(24)14-2-1-9-25-14/h1-4,9-11H,5-8H2,(H,21,23). The molecule has 4 rings (SSSR count). The summed E-state index contributed by atoms with van der Waals surface area (Å²) in [5.41, 5.74) is 0.342. The van der Waals surface area contributed by atoms with Gasteiger partial charge >= 0.3 is 6.29 Å². The number of rotatable bonds is 3. The molecule has 0 bridgehead atoms. The van der Waals surface area contributed by atoms with E-state index in [1.807, 2.05) is 0 Å². The predicted molar refractivity (Wildman–Crippen MR) is 88.6 cm³/mol. The molecule has 2 aliphatic heterocycles. The number of alkyl halides is 2. The lowest BCUT2D eigenvalue weighted by atomic mass is 9.95. The highest BCUT2D eigenvalue weighted by atomic mass is 19.3. The number of carbonyl (C=O) groups excluding carboxylic acids is 2. The molecule has 1 fully saturated rings. The number of likely N-dealkylation sites (tertiary alicyclic amines) is 1. The van der Waals surface area contributed by atoms with Gasteiger partial charge in [-0.1, -0.05) is 0 Å². The lowest BCUT2D eigenvalue weighted by Gasteiger charge is -2.30. The number of nitrogens with zero attached hydrogens (tertiary/aromatic N) is 1. The van der Waals surface area contributed by atoms with Crippen molar-refractivity contribution in [1.82, 2.24) is 4.90 Å². The second-order valence-electron chi connectivity index (χ2n) is 6.36. The van der Waals surface area contributed by atoms with E-state index in [2.05, 4.69) is 14.8 Å². The van der Waals surface area contributed by atoms with Gasteiger partial charge in [-0.05, 0) is 37.1 Å². The minimum absolute atomic E-state index is 0.0808. The molecule has 27 heavy (non-hydrogen) atoms. The fourth-order valence-corrected chi connectivity index (χ4v) is 3.17. The first-order chi connectivity index (χ1) is 12.9. The maximum Gasteiger partial charge on any atom is 0.586 e. The number of ether oxygens (including phenoxy) is 2. The van der Waals surface area contributed by atoms with Crippen LogP contribution in [-0.2, 0) is 4.79 Å².